The number of nitrogens with zero attached hydrogens (tertiary/aromatic N) is 1. The van der Waals surface area contributed by atoms with Crippen LogP contribution in [-0.4, -0.2) is 4.98 Å². The highest BCUT2D eigenvalue weighted by molar-refractivity contribution is 6.34. The van der Waals surface area contributed by atoms with Gasteiger partial charge in [0.1, 0.15) is 5.82 Å². The molecule has 1 nitrogen and oxygen atoms in total. The van der Waals surface area contributed by atoms with Crippen molar-refractivity contribution in [3.8, 4) is 11.3 Å². The van der Waals surface area contributed by atoms with E-state index < -0.39 is 0 Å². The summed E-state index contributed by atoms with van der Waals surface area (Å²) in [7, 11) is 0. The highest BCUT2D eigenvalue weighted by atomic mass is 35.5. The average molecular weight is 256 g/mol. The minimum Gasteiger partial charge on any atom is -0.255 e. The number of halogens is 3. The molecule has 16 heavy (non-hydrogen) atoms. The van der Waals surface area contributed by atoms with E-state index in [1.807, 2.05) is 0 Å². The van der Waals surface area contributed by atoms with Crippen LogP contribution in [0, 0.1) is 5.82 Å². The molecular weight excluding hydrogens is 248 g/mol. The lowest BCUT2D eigenvalue weighted by Crippen LogP contribution is -1.89. The van der Waals surface area contributed by atoms with Crippen LogP contribution in [0.25, 0.3) is 11.3 Å². The summed E-state index contributed by atoms with van der Waals surface area (Å²) < 4.78 is 12.8. The maximum Gasteiger partial charge on any atom is 0.123 e. The predicted octanol–water partition coefficient (Wildman–Crippen LogP) is 4.28. The molecule has 0 aliphatic carbocycles. The second-order valence-corrected chi connectivity index (χ2v) is 3.92. The van der Waals surface area contributed by atoms with Crippen LogP contribution in [0.5, 0.6) is 0 Å². The van der Waals surface area contributed by atoms with E-state index in [4.69, 9.17) is 23.2 Å². The third-order valence-corrected chi connectivity index (χ3v) is 2.94. The van der Waals surface area contributed by atoms with Crippen molar-refractivity contribution in [3.63, 3.8) is 0 Å². The van der Waals surface area contributed by atoms with E-state index in [1.54, 1.807) is 24.4 Å². The number of benzene rings is 1. The van der Waals surface area contributed by atoms with Gasteiger partial charge in [-0.05, 0) is 35.9 Å². The molecule has 82 valence electrons. The van der Waals surface area contributed by atoms with Crippen molar-refractivity contribution in [1.29, 1.82) is 0 Å². The second-order valence-electron chi connectivity index (χ2n) is 3.27. The molecule has 0 fully saturated rings. The van der Waals surface area contributed by atoms with Crippen molar-refractivity contribution >= 4 is 23.2 Å². The predicted molar refractivity (Wildman–Crippen MR) is 64.2 cm³/mol. The fourth-order valence-electron chi connectivity index (χ4n) is 1.40. The van der Waals surface area contributed by atoms with Gasteiger partial charge in [0.05, 0.1) is 10.7 Å². The Balaban J connectivity index is 2.51. The molecule has 1 aromatic heterocycles. The van der Waals surface area contributed by atoms with Gasteiger partial charge in [0.25, 0.3) is 0 Å². The number of hydrogen-bond donors (Lipinski definition) is 0. The molecule has 0 N–H and O–H groups in total. The summed E-state index contributed by atoms with van der Waals surface area (Å²) >= 11 is 11.9. The van der Waals surface area contributed by atoms with Gasteiger partial charge in [0, 0.05) is 17.6 Å². The Labute approximate surface area is 103 Å². The van der Waals surface area contributed by atoms with Crippen LogP contribution in [0.3, 0.4) is 0 Å². The number of rotatable bonds is 2. The molecule has 0 unspecified atom stereocenters. The SMILES string of the molecule is Fc1ccc(-c2nccc(CCl)c2Cl)cc1. The van der Waals surface area contributed by atoms with Crippen molar-refractivity contribution in [1.82, 2.24) is 4.98 Å². The zero-order chi connectivity index (χ0) is 11.5. The van der Waals surface area contributed by atoms with Gasteiger partial charge in [-0.2, -0.15) is 0 Å². The van der Waals surface area contributed by atoms with Crippen molar-refractivity contribution in [2.24, 2.45) is 0 Å². The van der Waals surface area contributed by atoms with E-state index in [-0.39, 0.29) is 5.82 Å². The summed E-state index contributed by atoms with van der Waals surface area (Å²) in [6.07, 6.45) is 1.64. The van der Waals surface area contributed by atoms with Crippen molar-refractivity contribution in [2.75, 3.05) is 0 Å². The maximum absolute atomic E-state index is 12.8. The number of pyridine rings is 1. The molecule has 0 atom stereocenters. The average Bonchev–Trinajstić information content (AvgIpc) is 2.31. The fourth-order valence-corrected chi connectivity index (χ4v) is 1.97. The molecule has 0 spiro atoms. The van der Waals surface area contributed by atoms with E-state index in [9.17, 15) is 4.39 Å². The first kappa shape index (κ1) is 11.4. The highest BCUT2D eigenvalue weighted by Crippen LogP contribution is 2.29. The quantitative estimate of drug-likeness (QED) is 0.731. The Morgan fingerprint density at radius 2 is 1.81 bits per heavy atom. The van der Waals surface area contributed by atoms with Crippen LogP contribution in [0.1, 0.15) is 5.56 Å². The van der Waals surface area contributed by atoms with Gasteiger partial charge in [0.2, 0.25) is 0 Å². The fraction of sp³-hybridized carbons (Fsp3) is 0.0833. The summed E-state index contributed by atoms with van der Waals surface area (Å²) in [6.45, 7) is 0. The molecule has 4 heteroatoms. The molecule has 1 aromatic carbocycles. The van der Waals surface area contributed by atoms with Crippen molar-refractivity contribution < 1.29 is 4.39 Å². The molecule has 1 heterocycles. The van der Waals surface area contributed by atoms with Gasteiger partial charge >= 0.3 is 0 Å². The molecule has 0 saturated heterocycles. The molecular formula is C12H8Cl2FN. The largest absolute Gasteiger partial charge is 0.255 e. The van der Waals surface area contributed by atoms with Gasteiger partial charge in [0.15, 0.2) is 0 Å². The third-order valence-electron chi connectivity index (χ3n) is 2.23. The molecule has 0 aliphatic rings. The van der Waals surface area contributed by atoms with E-state index in [0.29, 0.717) is 16.6 Å². The Morgan fingerprint density at radius 3 is 2.44 bits per heavy atom. The minimum absolute atomic E-state index is 0.284. The Hall–Kier alpha value is -1.12. The van der Waals surface area contributed by atoms with Crippen LogP contribution in [0.4, 0.5) is 4.39 Å². The van der Waals surface area contributed by atoms with Crippen molar-refractivity contribution in [2.45, 2.75) is 5.88 Å². The lowest BCUT2D eigenvalue weighted by atomic mass is 10.1. The monoisotopic (exact) mass is 255 g/mol. The van der Waals surface area contributed by atoms with Gasteiger partial charge in [-0.15, -0.1) is 11.6 Å². The molecule has 0 bridgehead atoms. The van der Waals surface area contributed by atoms with E-state index in [1.165, 1.54) is 12.1 Å². The zero-order valence-corrected chi connectivity index (χ0v) is 9.76. The van der Waals surface area contributed by atoms with Crippen molar-refractivity contribution in [3.05, 3.63) is 52.9 Å². The first-order valence-corrected chi connectivity index (χ1v) is 5.59. The Kier molecular flexibility index (Phi) is 3.42. The van der Waals surface area contributed by atoms with E-state index in [0.717, 1.165) is 11.1 Å². The summed E-state index contributed by atoms with van der Waals surface area (Å²) in [4.78, 5) is 4.17. The summed E-state index contributed by atoms with van der Waals surface area (Å²) in [5.74, 6) is 0.0450. The van der Waals surface area contributed by atoms with Gasteiger partial charge in [-0.1, -0.05) is 11.6 Å². The lowest BCUT2D eigenvalue weighted by molar-refractivity contribution is 0.628. The van der Waals surface area contributed by atoms with Crippen LogP contribution >= 0.6 is 23.2 Å². The minimum atomic E-state index is -0.284. The van der Waals surface area contributed by atoms with Crippen LogP contribution in [0.2, 0.25) is 5.02 Å². The smallest absolute Gasteiger partial charge is 0.123 e. The Bertz CT molecular complexity index is 497. The standard InChI is InChI=1S/C12H8Cl2FN/c13-7-9-5-6-16-12(11(9)14)8-1-3-10(15)4-2-8/h1-6H,7H2. The van der Waals surface area contributed by atoms with E-state index in [2.05, 4.69) is 4.98 Å². The van der Waals surface area contributed by atoms with Crippen LogP contribution < -0.4 is 0 Å². The third kappa shape index (κ3) is 2.18. The van der Waals surface area contributed by atoms with Crippen LogP contribution in [0.15, 0.2) is 36.5 Å². The van der Waals surface area contributed by atoms with Gasteiger partial charge in [-0.25, -0.2) is 4.39 Å². The summed E-state index contributed by atoms with van der Waals surface area (Å²) in [5, 5.41) is 0.518. The molecule has 0 amide bonds. The zero-order valence-electron chi connectivity index (χ0n) is 8.25. The first-order valence-electron chi connectivity index (χ1n) is 4.67. The first-order chi connectivity index (χ1) is 7.72. The summed E-state index contributed by atoms with van der Waals surface area (Å²) in [5.41, 5.74) is 2.22. The van der Waals surface area contributed by atoms with Crippen LogP contribution in [-0.2, 0) is 5.88 Å². The number of alkyl halides is 1. The Morgan fingerprint density at radius 1 is 1.12 bits per heavy atom. The normalized spacial score (nSPS) is 10.4. The lowest BCUT2D eigenvalue weighted by Gasteiger charge is -2.06. The van der Waals surface area contributed by atoms with Gasteiger partial charge < -0.3 is 0 Å². The maximum atomic E-state index is 12.8. The second kappa shape index (κ2) is 4.81. The van der Waals surface area contributed by atoms with E-state index >= 15 is 0 Å². The van der Waals surface area contributed by atoms with Gasteiger partial charge in [-0.3, -0.25) is 4.98 Å². The number of hydrogen-bond acceptors (Lipinski definition) is 1. The molecule has 0 radical (unpaired) electrons. The molecule has 0 aliphatic heterocycles. The molecule has 0 saturated carbocycles. The molecule has 2 aromatic rings. The molecule has 2 rings (SSSR count). The highest BCUT2D eigenvalue weighted by Gasteiger charge is 2.08. The number of aromatic nitrogens is 1. The topological polar surface area (TPSA) is 12.9 Å². The summed E-state index contributed by atoms with van der Waals surface area (Å²) in [6, 6.07) is 7.80.